The third-order valence-electron chi connectivity index (χ3n) is 4.77. The van der Waals surface area contributed by atoms with Gasteiger partial charge in [-0.25, -0.2) is 0 Å². The summed E-state index contributed by atoms with van der Waals surface area (Å²) < 4.78 is 5.34. The van der Waals surface area contributed by atoms with Crippen LogP contribution in [0.4, 0.5) is 0 Å². The number of benzene rings is 2. The number of fused-ring (bicyclic) bond motifs is 1. The molecule has 4 heteroatoms. The Morgan fingerprint density at radius 3 is 2.73 bits per heavy atom. The lowest BCUT2D eigenvalue weighted by molar-refractivity contribution is -0.127. The van der Waals surface area contributed by atoms with Crippen LogP contribution < -0.4 is 4.74 Å². The zero-order valence-electron chi connectivity index (χ0n) is 15.2. The standard InChI is InChI=1S/C22H22N2O2/c1-3-17-12-16(8-9-21(17)26-2)13-20(14-23)22(25)24-11-10-18-6-4-5-7-19(18)15-24/h4-9,12-13H,3,10-11,15H2,1-2H3/b20-13+. The van der Waals surface area contributed by atoms with Crippen LogP contribution in [0.5, 0.6) is 5.75 Å². The van der Waals surface area contributed by atoms with Gasteiger partial charge in [0.25, 0.3) is 5.91 Å². The van der Waals surface area contributed by atoms with Crippen molar-refractivity contribution in [2.24, 2.45) is 0 Å². The van der Waals surface area contributed by atoms with E-state index in [0.29, 0.717) is 13.1 Å². The molecule has 0 aliphatic carbocycles. The van der Waals surface area contributed by atoms with Crippen molar-refractivity contribution >= 4 is 12.0 Å². The molecule has 0 atom stereocenters. The fourth-order valence-corrected chi connectivity index (χ4v) is 3.31. The number of amides is 1. The predicted molar refractivity (Wildman–Crippen MR) is 102 cm³/mol. The topological polar surface area (TPSA) is 53.3 Å². The molecule has 3 rings (SSSR count). The van der Waals surface area contributed by atoms with Crippen molar-refractivity contribution in [1.29, 1.82) is 5.26 Å². The summed E-state index contributed by atoms with van der Waals surface area (Å²) in [4.78, 5) is 14.6. The summed E-state index contributed by atoms with van der Waals surface area (Å²) in [6.45, 7) is 3.24. The SMILES string of the molecule is CCc1cc(/C=C(\C#N)C(=O)N2CCc3ccccc3C2)ccc1OC. The summed E-state index contributed by atoms with van der Waals surface area (Å²) in [5, 5.41) is 9.52. The molecule has 1 amide bonds. The van der Waals surface area contributed by atoms with E-state index in [2.05, 4.69) is 12.1 Å². The van der Waals surface area contributed by atoms with Crippen molar-refractivity contribution in [3.8, 4) is 11.8 Å². The van der Waals surface area contributed by atoms with E-state index >= 15 is 0 Å². The Kier molecular flexibility index (Phi) is 5.38. The van der Waals surface area contributed by atoms with Gasteiger partial charge in [-0.15, -0.1) is 0 Å². The van der Waals surface area contributed by atoms with Crippen LogP contribution in [0.1, 0.15) is 29.2 Å². The molecule has 0 N–H and O–H groups in total. The maximum atomic E-state index is 12.8. The van der Waals surface area contributed by atoms with Gasteiger partial charge in [-0.1, -0.05) is 37.3 Å². The lowest BCUT2D eigenvalue weighted by Gasteiger charge is -2.28. The van der Waals surface area contributed by atoms with E-state index < -0.39 is 0 Å². The number of carbonyl (C=O) groups is 1. The van der Waals surface area contributed by atoms with Gasteiger partial charge in [0.2, 0.25) is 0 Å². The predicted octanol–water partition coefficient (Wildman–Crippen LogP) is 3.75. The van der Waals surface area contributed by atoms with E-state index in [4.69, 9.17) is 4.74 Å². The van der Waals surface area contributed by atoms with Gasteiger partial charge in [0.05, 0.1) is 7.11 Å². The van der Waals surface area contributed by atoms with Crippen LogP contribution in [0.3, 0.4) is 0 Å². The van der Waals surface area contributed by atoms with Crippen LogP contribution in [0.25, 0.3) is 6.08 Å². The second-order valence-corrected chi connectivity index (χ2v) is 6.34. The van der Waals surface area contributed by atoms with E-state index in [9.17, 15) is 10.1 Å². The van der Waals surface area contributed by atoms with E-state index in [0.717, 1.165) is 35.3 Å². The Bertz CT molecular complexity index is 893. The number of hydrogen-bond donors (Lipinski definition) is 0. The summed E-state index contributed by atoms with van der Waals surface area (Å²) in [6.07, 6.45) is 3.31. The van der Waals surface area contributed by atoms with Gasteiger partial charge in [-0.3, -0.25) is 4.79 Å². The molecule has 0 saturated heterocycles. The molecule has 0 unspecified atom stereocenters. The molecule has 2 aromatic carbocycles. The molecule has 0 radical (unpaired) electrons. The average Bonchev–Trinajstić information content (AvgIpc) is 2.70. The minimum Gasteiger partial charge on any atom is -0.496 e. The number of nitriles is 1. The van der Waals surface area contributed by atoms with Crippen LogP contribution in [0, 0.1) is 11.3 Å². The Labute approximate surface area is 154 Å². The zero-order chi connectivity index (χ0) is 18.5. The minimum atomic E-state index is -0.212. The molecule has 0 saturated carbocycles. The van der Waals surface area contributed by atoms with Crippen LogP contribution in [0.2, 0.25) is 0 Å². The molecule has 1 heterocycles. The van der Waals surface area contributed by atoms with Gasteiger partial charge in [0.1, 0.15) is 17.4 Å². The first-order valence-corrected chi connectivity index (χ1v) is 8.81. The quantitative estimate of drug-likeness (QED) is 0.626. The maximum Gasteiger partial charge on any atom is 0.264 e. The monoisotopic (exact) mass is 346 g/mol. The lowest BCUT2D eigenvalue weighted by Crippen LogP contribution is -2.36. The van der Waals surface area contributed by atoms with E-state index in [1.165, 1.54) is 5.56 Å². The highest BCUT2D eigenvalue weighted by Gasteiger charge is 2.23. The summed E-state index contributed by atoms with van der Waals surface area (Å²) in [6, 6.07) is 15.9. The van der Waals surface area contributed by atoms with Gasteiger partial charge >= 0.3 is 0 Å². The van der Waals surface area contributed by atoms with Crippen LogP contribution in [-0.2, 0) is 24.2 Å². The summed E-state index contributed by atoms with van der Waals surface area (Å²) in [5.41, 5.74) is 4.49. The molecule has 0 fully saturated rings. The normalized spacial score (nSPS) is 13.7. The molecule has 2 aromatic rings. The van der Waals surface area contributed by atoms with Gasteiger partial charge in [0, 0.05) is 13.1 Å². The number of hydrogen-bond acceptors (Lipinski definition) is 3. The first-order valence-electron chi connectivity index (χ1n) is 8.81. The highest BCUT2D eigenvalue weighted by molar-refractivity contribution is 6.01. The van der Waals surface area contributed by atoms with Crippen molar-refractivity contribution in [2.75, 3.05) is 13.7 Å². The molecule has 132 valence electrons. The Morgan fingerprint density at radius 2 is 2.04 bits per heavy atom. The molecule has 0 bridgehead atoms. The molecular weight excluding hydrogens is 324 g/mol. The van der Waals surface area contributed by atoms with Crippen LogP contribution >= 0.6 is 0 Å². The first-order chi connectivity index (χ1) is 12.7. The van der Waals surface area contributed by atoms with Gasteiger partial charge in [-0.05, 0) is 53.3 Å². The van der Waals surface area contributed by atoms with E-state index in [-0.39, 0.29) is 11.5 Å². The molecule has 1 aliphatic rings. The third kappa shape index (κ3) is 3.62. The van der Waals surface area contributed by atoms with Gasteiger partial charge in [-0.2, -0.15) is 5.26 Å². The Balaban J connectivity index is 1.84. The molecular formula is C22H22N2O2. The largest absolute Gasteiger partial charge is 0.496 e. The summed E-state index contributed by atoms with van der Waals surface area (Å²) >= 11 is 0. The lowest BCUT2D eigenvalue weighted by atomic mass is 9.99. The number of nitrogens with zero attached hydrogens (tertiary/aromatic N) is 2. The molecule has 0 aromatic heterocycles. The average molecular weight is 346 g/mol. The second-order valence-electron chi connectivity index (χ2n) is 6.34. The van der Waals surface area contributed by atoms with Gasteiger partial charge in [0.15, 0.2) is 0 Å². The number of aryl methyl sites for hydroxylation is 1. The third-order valence-corrected chi connectivity index (χ3v) is 4.77. The second kappa shape index (κ2) is 7.88. The molecule has 4 nitrogen and oxygen atoms in total. The molecule has 1 aliphatic heterocycles. The van der Waals surface area contributed by atoms with Crippen LogP contribution in [-0.4, -0.2) is 24.5 Å². The van der Waals surface area contributed by atoms with Crippen molar-refractivity contribution in [3.63, 3.8) is 0 Å². The van der Waals surface area contributed by atoms with Crippen molar-refractivity contribution in [3.05, 3.63) is 70.3 Å². The number of ether oxygens (including phenoxy) is 1. The summed E-state index contributed by atoms with van der Waals surface area (Å²) in [7, 11) is 1.64. The maximum absolute atomic E-state index is 12.8. The fraction of sp³-hybridized carbons (Fsp3) is 0.273. The summed E-state index contributed by atoms with van der Waals surface area (Å²) in [5.74, 6) is 0.609. The van der Waals surface area contributed by atoms with Crippen LogP contribution in [0.15, 0.2) is 48.0 Å². The zero-order valence-corrected chi connectivity index (χ0v) is 15.2. The fourth-order valence-electron chi connectivity index (χ4n) is 3.31. The highest BCUT2D eigenvalue weighted by Crippen LogP contribution is 2.23. The van der Waals surface area contributed by atoms with E-state index in [1.807, 2.05) is 43.3 Å². The van der Waals surface area contributed by atoms with Crippen molar-refractivity contribution < 1.29 is 9.53 Å². The number of methoxy groups -OCH3 is 1. The smallest absolute Gasteiger partial charge is 0.264 e. The molecule has 0 spiro atoms. The van der Waals surface area contributed by atoms with Gasteiger partial charge < -0.3 is 9.64 Å². The Hall–Kier alpha value is -3.06. The number of carbonyl (C=O) groups excluding carboxylic acids is 1. The highest BCUT2D eigenvalue weighted by atomic mass is 16.5. The van der Waals surface area contributed by atoms with Crippen molar-refractivity contribution in [1.82, 2.24) is 4.90 Å². The number of rotatable bonds is 4. The first kappa shape index (κ1) is 17.8. The van der Waals surface area contributed by atoms with Crippen molar-refractivity contribution in [2.45, 2.75) is 26.3 Å². The van der Waals surface area contributed by atoms with E-state index in [1.54, 1.807) is 18.1 Å². The minimum absolute atomic E-state index is 0.164. The Morgan fingerprint density at radius 1 is 1.27 bits per heavy atom. The molecule has 26 heavy (non-hydrogen) atoms.